The van der Waals surface area contributed by atoms with Crippen LogP contribution >= 0.6 is 0 Å². The van der Waals surface area contributed by atoms with E-state index in [1.165, 1.54) is 6.07 Å². The van der Waals surface area contributed by atoms with Crippen molar-refractivity contribution in [3.8, 4) is 5.75 Å². The number of nitrogens with one attached hydrogen (secondary N) is 2. The topological polar surface area (TPSA) is 80.6 Å². The molecule has 0 atom stereocenters. The van der Waals surface area contributed by atoms with Crippen molar-refractivity contribution in [1.29, 1.82) is 0 Å². The molecule has 0 unspecified atom stereocenters. The summed E-state index contributed by atoms with van der Waals surface area (Å²) in [5.74, 6) is 1.44. The summed E-state index contributed by atoms with van der Waals surface area (Å²) in [7, 11) is -2.13. The van der Waals surface area contributed by atoms with Crippen LogP contribution in [0.15, 0.2) is 70.2 Å². The summed E-state index contributed by atoms with van der Waals surface area (Å²) in [6.45, 7) is 2.29. The number of ether oxygens (including phenoxy) is 1. The van der Waals surface area contributed by atoms with Crippen molar-refractivity contribution in [3.05, 3.63) is 72.2 Å². The number of methoxy groups -OCH3 is 1. The third-order valence-corrected chi connectivity index (χ3v) is 5.40. The maximum Gasteiger partial charge on any atom is 0.262 e. The predicted octanol–water partition coefficient (Wildman–Crippen LogP) is 4.01. The lowest BCUT2D eigenvalue weighted by Gasteiger charge is -2.12. The quantitative estimate of drug-likeness (QED) is 0.655. The average Bonchev–Trinajstić information content (AvgIpc) is 3.14. The molecule has 136 valence electrons. The SMILES string of the molecule is COc1ccc(S(=O)(=O)Nc2ccc(NCc3ccco3)cc2)c(C)c1. The lowest BCUT2D eigenvalue weighted by Crippen LogP contribution is -2.14. The van der Waals surface area contributed by atoms with E-state index in [0.29, 0.717) is 23.5 Å². The number of hydrogen-bond acceptors (Lipinski definition) is 5. The molecule has 0 aliphatic carbocycles. The summed E-state index contributed by atoms with van der Waals surface area (Å²) in [4.78, 5) is 0.221. The van der Waals surface area contributed by atoms with Gasteiger partial charge in [0.1, 0.15) is 11.5 Å². The first-order valence-corrected chi connectivity index (χ1v) is 9.50. The van der Waals surface area contributed by atoms with Crippen molar-refractivity contribution in [3.63, 3.8) is 0 Å². The van der Waals surface area contributed by atoms with Gasteiger partial charge in [-0.05, 0) is 67.1 Å². The van der Waals surface area contributed by atoms with Crippen molar-refractivity contribution in [1.82, 2.24) is 0 Å². The van der Waals surface area contributed by atoms with Gasteiger partial charge in [-0.1, -0.05) is 0 Å². The van der Waals surface area contributed by atoms with Crippen molar-refractivity contribution in [2.24, 2.45) is 0 Å². The molecule has 2 N–H and O–H groups in total. The zero-order valence-electron chi connectivity index (χ0n) is 14.5. The third-order valence-electron chi connectivity index (χ3n) is 3.86. The zero-order chi connectivity index (χ0) is 18.6. The minimum atomic E-state index is -3.67. The van der Waals surface area contributed by atoms with Crippen LogP contribution in [-0.4, -0.2) is 15.5 Å². The van der Waals surface area contributed by atoms with Gasteiger partial charge in [-0.25, -0.2) is 8.42 Å². The molecule has 2 aromatic carbocycles. The Morgan fingerprint density at radius 1 is 1.04 bits per heavy atom. The van der Waals surface area contributed by atoms with Gasteiger partial charge in [-0.2, -0.15) is 0 Å². The largest absolute Gasteiger partial charge is 0.497 e. The number of aryl methyl sites for hydroxylation is 1. The first-order valence-electron chi connectivity index (χ1n) is 8.02. The normalized spacial score (nSPS) is 11.2. The van der Waals surface area contributed by atoms with Crippen LogP contribution in [0.5, 0.6) is 5.75 Å². The molecule has 0 radical (unpaired) electrons. The van der Waals surface area contributed by atoms with E-state index in [1.807, 2.05) is 24.3 Å². The summed E-state index contributed by atoms with van der Waals surface area (Å²) in [5.41, 5.74) is 1.97. The van der Waals surface area contributed by atoms with E-state index in [4.69, 9.17) is 9.15 Å². The van der Waals surface area contributed by atoms with E-state index < -0.39 is 10.0 Å². The molecule has 0 saturated carbocycles. The molecule has 1 aromatic heterocycles. The van der Waals surface area contributed by atoms with E-state index in [9.17, 15) is 8.42 Å². The number of hydrogen-bond donors (Lipinski definition) is 2. The average molecular weight is 372 g/mol. The Hall–Kier alpha value is -2.93. The first-order chi connectivity index (χ1) is 12.5. The van der Waals surface area contributed by atoms with Gasteiger partial charge in [0.2, 0.25) is 0 Å². The lowest BCUT2D eigenvalue weighted by molar-refractivity contribution is 0.414. The number of benzene rings is 2. The van der Waals surface area contributed by atoms with Gasteiger partial charge in [-0.15, -0.1) is 0 Å². The second-order valence-electron chi connectivity index (χ2n) is 5.75. The lowest BCUT2D eigenvalue weighted by atomic mass is 10.2. The van der Waals surface area contributed by atoms with Crippen LogP contribution in [0.1, 0.15) is 11.3 Å². The van der Waals surface area contributed by atoms with Gasteiger partial charge in [0.15, 0.2) is 0 Å². The molecular weight excluding hydrogens is 352 g/mol. The van der Waals surface area contributed by atoms with Crippen molar-refractivity contribution in [2.45, 2.75) is 18.4 Å². The molecule has 3 rings (SSSR count). The molecule has 0 spiro atoms. The van der Waals surface area contributed by atoms with Crippen molar-refractivity contribution in [2.75, 3.05) is 17.1 Å². The Bertz CT molecular complexity index is 965. The number of furan rings is 1. The Labute approximate surface area is 152 Å². The smallest absolute Gasteiger partial charge is 0.262 e. The van der Waals surface area contributed by atoms with Crippen LogP contribution < -0.4 is 14.8 Å². The Balaban J connectivity index is 1.69. The van der Waals surface area contributed by atoms with Crippen LogP contribution in [0.3, 0.4) is 0 Å². The second-order valence-corrected chi connectivity index (χ2v) is 7.40. The van der Waals surface area contributed by atoms with Crippen LogP contribution in [0.25, 0.3) is 0 Å². The molecule has 0 bridgehead atoms. The summed E-state index contributed by atoms with van der Waals surface area (Å²) in [5, 5.41) is 3.21. The molecular formula is C19H20N2O4S. The highest BCUT2D eigenvalue weighted by Crippen LogP contribution is 2.24. The van der Waals surface area contributed by atoms with Gasteiger partial charge in [-0.3, -0.25) is 4.72 Å². The standard InChI is InChI=1S/C19H20N2O4S/c1-14-12-17(24-2)9-10-19(14)26(22,23)21-16-7-5-15(6-8-16)20-13-18-4-3-11-25-18/h3-12,20-21H,13H2,1-2H3. The minimum absolute atomic E-state index is 0.221. The van der Waals surface area contributed by atoms with E-state index in [-0.39, 0.29) is 4.90 Å². The number of rotatable bonds is 7. The molecule has 26 heavy (non-hydrogen) atoms. The monoisotopic (exact) mass is 372 g/mol. The summed E-state index contributed by atoms with van der Waals surface area (Å²) < 4.78 is 38.2. The molecule has 0 amide bonds. The molecule has 0 fully saturated rings. The highest BCUT2D eigenvalue weighted by Gasteiger charge is 2.17. The predicted molar refractivity (Wildman–Crippen MR) is 101 cm³/mol. The summed E-state index contributed by atoms with van der Waals surface area (Å²) >= 11 is 0. The Morgan fingerprint density at radius 2 is 1.77 bits per heavy atom. The highest BCUT2D eigenvalue weighted by molar-refractivity contribution is 7.92. The molecule has 6 nitrogen and oxygen atoms in total. The third kappa shape index (κ3) is 4.18. The summed E-state index contributed by atoms with van der Waals surface area (Å²) in [6, 6.07) is 15.6. The van der Waals surface area contributed by atoms with Gasteiger partial charge < -0.3 is 14.5 Å². The van der Waals surface area contributed by atoms with Gasteiger partial charge in [0, 0.05) is 11.4 Å². The first kappa shape index (κ1) is 17.9. The van der Waals surface area contributed by atoms with E-state index in [0.717, 1.165) is 11.4 Å². The van der Waals surface area contributed by atoms with E-state index >= 15 is 0 Å². The number of anilines is 2. The van der Waals surface area contributed by atoms with Crippen molar-refractivity contribution >= 4 is 21.4 Å². The highest BCUT2D eigenvalue weighted by atomic mass is 32.2. The van der Waals surface area contributed by atoms with Crippen LogP contribution in [0.2, 0.25) is 0 Å². The minimum Gasteiger partial charge on any atom is -0.497 e. The van der Waals surface area contributed by atoms with Gasteiger partial charge >= 0.3 is 0 Å². The van der Waals surface area contributed by atoms with Crippen molar-refractivity contribution < 1.29 is 17.6 Å². The molecule has 0 saturated heterocycles. The van der Waals surface area contributed by atoms with Crippen LogP contribution in [-0.2, 0) is 16.6 Å². The number of sulfonamides is 1. The fraction of sp³-hybridized carbons (Fsp3) is 0.158. The Morgan fingerprint density at radius 3 is 2.38 bits per heavy atom. The second kappa shape index (κ2) is 7.53. The van der Waals surface area contributed by atoms with Gasteiger partial charge in [0.25, 0.3) is 10.0 Å². The molecule has 0 aliphatic rings. The summed E-state index contributed by atoms with van der Waals surface area (Å²) in [6.07, 6.45) is 1.62. The van der Waals surface area contributed by atoms with Crippen LogP contribution in [0.4, 0.5) is 11.4 Å². The van der Waals surface area contributed by atoms with E-state index in [1.54, 1.807) is 44.6 Å². The maximum absolute atomic E-state index is 12.6. The molecule has 1 heterocycles. The zero-order valence-corrected chi connectivity index (χ0v) is 15.3. The van der Waals surface area contributed by atoms with Gasteiger partial charge in [0.05, 0.1) is 24.8 Å². The maximum atomic E-state index is 12.6. The fourth-order valence-electron chi connectivity index (χ4n) is 2.52. The van der Waals surface area contributed by atoms with E-state index in [2.05, 4.69) is 10.0 Å². The Kier molecular flexibility index (Phi) is 5.18. The molecule has 7 heteroatoms. The fourth-order valence-corrected chi connectivity index (χ4v) is 3.81. The molecule has 0 aliphatic heterocycles. The molecule has 3 aromatic rings. The van der Waals surface area contributed by atoms with Crippen LogP contribution in [0, 0.1) is 6.92 Å².